The smallest absolute Gasteiger partial charge is 0.321 e. The van der Waals surface area contributed by atoms with Gasteiger partial charge in [0.2, 0.25) is 0 Å². The maximum atomic E-state index is 11.8. The molecule has 0 saturated carbocycles. The fourth-order valence-electron chi connectivity index (χ4n) is 1.70. The molecule has 3 N–H and O–H groups in total. The van der Waals surface area contributed by atoms with Crippen LogP contribution in [0.4, 0.5) is 0 Å². The zero-order chi connectivity index (χ0) is 13.1. The molecule has 6 heteroatoms. The second-order valence-electron chi connectivity index (χ2n) is 3.90. The van der Waals surface area contributed by atoms with E-state index in [9.17, 15) is 4.79 Å². The molecule has 0 radical (unpaired) electrons. The second kappa shape index (κ2) is 4.85. The van der Waals surface area contributed by atoms with Crippen LogP contribution in [0.15, 0.2) is 29.1 Å². The Morgan fingerprint density at radius 1 is 1.61 bits per heavy atom. The number of aromatic amines is 1. The average molecular weight is 243 g/mol. The minimum Gasteiger partial charge on any atom is -0.321 e. The number of aromatic nitrogens is 3. The van der Waals surface area contributed by atoms with E-state index >= 15 is 0 Å². The van der Waals surface area contributed by atoms with Crippen LogP contribution in [0.1, 0.15) is 30.8 Å². The summed E-state index contributed by atoms with van der Waals surface area (Å²) >= 11 is 0. The number of nitrogens with two attached hydrogens (primary N) is 1. The molecule has 1 atom stereocenters. The number of hydrogen-bond donors (Lipinski definition) is 2. The molecule has 0 amide bonds. The summed E-state index contributed by atoms with van der Waals surface area (Å²) in [7, 11) is 0. The summed E-state index contributed by atoms with van der Waals surface area (Å²) < 4.78 is 1.40. The van der Waals surface area contributed by atoms with Crippen molar-refractivity contribution in [3.8, 4) is 11.8 Å². The van der Waals surface area contributed by atoms with E-state index in [1.165, 1.54) is 4.57 Å². The van der Waals surface area contributed by atoms with Crippen molar-refractivity contribution in [3.63, 3.8) is 0 Å². The SMILES string of the molecule is CCC(N)c1n[nH]c(=O)n1-c1cccc(C#N)c1. The van der Waals surface area contributed by atoms with Crippen LogP contribution in [0.3, 0.4) is 0 Å². The van der Waals surface area contributed by atoms with Gasteiger partial charge in [0.25, 0.3) is 0 Å². The maximum Gasteiger partial charge on any atom is 0.347 e. The average Bonchev–Trinajstić information content (AvgIpc) is 2.79. The van der Waals surface area contributed by atoms with Gasteiger partial charge in [-0.1, -0.05) is 13.0 Å². The fourth-order valence-corrected chi connectivity index (χ4v) is 1.70. The Morgan fingerprint density at radius 2 is 2.39 bits per heavy atom. The number of rotatable bonds is 3. The van der Waals surface area contributed by atoms with Gasteiger partial charge in [0.05, 0.1) is 23.4 Å². The minimum absolute atomic E-state index is 0.324. The van der Waals surface area contributed by atoms with Gasteiger partial charge in [-0.25, -0.2) is 14.5 Å². The molecule has 0 aliphatic heterocycles. The predicted molar refractivity (Wildman–Crippen MR) is 66.1 cm³/mol. The Morgan fingerprint density at radius 3 is 3.06 bits per heavy atom. The molecule has 92 valence electrons. The highest BCUT2D eigenvalue weighted by Crippen LogP contribution is 2.15. The molecule has 0 saturated heterocycles. The number of nitrogens with zero attached hydrogens (tertiary/aromatic N) is 3. The van der Waals surface area contributed by atoms with Crippen molar-refractivity contribution in [1.82, 2.24) is 14.8 Å². The van der Waals surface area contributed by atoms with E-state index in [1.807, 2.05) is 13.0 Å². The number of benzene rings is 1. The lowest BCUT2D eigenvalue weighted by molar-refractivity contribution is 0.631. The van der Waals surface area contributed by atoms with Crippen LogP contribution in [0.5, 0.6) is 0 Å². The summed E-state index contributed by atoms with van der Waals surface area (Å²) in [6.07, 6.45) is 0.669. The lowest BCUT2D eigenvalue weighted by atomic mass is 10.2. The van der Waals surface area contributed by atoms with Crippen LogP contribution < -0.4 is 11.4 Å². The van der Waals surface area contributed by atoms with Gasteiger partial charge in [-0.3, -0.25) is 0 Å². The van der Waals surface area contributed by atoms with E-state index in [0.29, 0.717) is 23.5 Å². The molecular formula is C12H13N5O. The van der Waals surface area contributed by atoms with Crippen molar-refractivity contribution in [1.29, 1.82) is 5.26 Å². The largest absolute Gasteiger partial charge is 0.347 e. The van der Waals surface area contributed by atoms with Crippen LogP contribution in [0.25, 0.3) is 5.69 Å². The summed E-state index contributed by atoms with van der Waals surface area (Å²) in [5.74, 6) is 0.470. The first kappa shape index (κ1) is 12.1. The normalized spacial score (nSPS) is 12.1. The third kappa shape index (κ3) is 2.04. The highest BCUT2D eigenvalue weighted by Gasteiger charge is 2.15. The quantitative estimate of drug-likeness (QED) is 0.834. The molecule has 0 fully saturated rings. The molecule has 2 aromatic rings. The van der Waals surface area contributed by atoms with E-state index in [-0.39, 0.29) is 11.7 Å². The summed E-state index contributed by atoms with van der Waals surface area (Å²) in [5, 5.41) is 15.2. The fraction of sp³-hybridized carbons (Fsp3) is 0.250. The number of nitrogens with one attached hydrogen (secondary N) is 1. The van der Waals surface area contributed by atoms with Gasteiger partial charge in [0, 0.05) is 0 Å². The van der Waals surface area contributed by atoms with Gasteiger partial charge >= 0.3 is 5.69 Å². The Kier molecular flexibility index (Phi) is 3.26. The molecule has 0 spiro atoms. The van der Waals surface area contributed by atoms with E-state index in [1.54, 1.807) is 24.3 Å². The predicted octanol–water partition coefficient (Wildman–Crippen LogP) is 0.842. The molecule has 6 nitrogen and oxygen atoms in total. The molecule has 1 unspecified atom stereocenters. The summed E-state index contributed by atoms with van der Waals surface area (Å²) in [6, 6.07) is 8.47. The Labute approximate surface area is 104 Å². The molecule has 1 heterocycles. The van der Waals surface area contributed by atoms with Crippen molar-refractivity contribution in [2.75, 3.05) is 0 Å². The van der Waals surface area contributed by atoms with Crippen molar-refractivity contribution in [2.45, 2.75) is 19.4 Å². The summed E-state index contributed by atoms with van der Waals surface area (Å²) in [6.45, 7) is 1.92. The highest BCUT2D eigenvalue weighted by molar-refractivity contribution is 5.41. The summed E-state index contributed by atoms with van der Waals surface area (Å²) in [5.41, 5.74) is 6.62. The molecule has 0 aliphatic carbocycles. The van der Waals surface area contributed by atoms with Gasteiger partial charge in [-0.15, -0.1) is 0 Å². The van der Waals surface area contributed by atoms with Crippen LogP contribution >= 0.6 is 0 Å². The van der Waals surface area contributed by atoms with Crippen LogP contribution in [0, 0.1) is 11.3 Å². The molecular weight excluding hydrogens is 230 g/mol. The topological polar surface area (TPSA) is 100 Å². The first-order valence-electron chi connectivity index (χ1n) is 5.60. The van der Waals surface area contributed by atoms with Crippen LogP contribution in [0.2, 0.25) is 0 Å². The van der Waals surface area contributed by atoms with Gasteiger partial charge in [-0.2, -0.15) is 10.4 Å². The van der Waals surface area contributed by atoms with Gasteiger partial charge in [-0.05, 0) is 24.6 Å². The molecule has 0 bridgehead atoms. The van der Waals surface area contributed by atoms with Crippen molar-refractivity contribution in [2.24, 2.45) is 5.73 Å². The standard InChI is InChI=1S/C12H13N5O/c1-2-10(14)11-15-16-12(18)17(11)9-5-3-4-8(6-9)7-13/h3-6,10H,2,14H2,1H3,(H,16,18). The van der Waals surface area contributed by atoms with Gasteiger partial charge in [0.15, 0.2) is 5.82 Å². The van der Waals surface area contributed by atoms with E-state index < -0.39 is 0 Å². The molecule has 1 aromatic heterocycles. The summed E-state index contributed by atoms with van der Waals surface area (Å²) in [4.78, 5) is 11.8. The zero-order valence-electron chi connectivity index (χ0n) is 9.92. The van der Waals surface area contributed by atoms with E-state index in [4.69, 9.17) is 11.0 Å². The van der Waals surface area contributed by atoms with Crippen LogP contribution in [-0.2, 0) is 0 Å². The number of H-pyrrole nitrogens is 1. The first-order chi connectivity index (χ1) is 8.67. The first-order valence-corrected chi connectivity index (χ1v) is 5.60. The van der Waals surface area contributed by atoms with Crippen molar-refractivity contribution in [3.05, 3.63) is 46.1 Å². The van der Waals surface area contributed by atoms with Gasteiger partial charge < -0.3 is 5.73 Å². The lowest BCUT2D eigenvalue weighted by Crippen LogP contribution is -2.21. The molecule has 18 heavy (non-hydrogen) atoms. The lowest BCUT2D eigenvalue weighted by Gasteiger charge is -2.10. The molecule has 0 aliphatic rings. The van der Waals surface area contributed by atoms with Gasteiger partial charge in [0.1, 0.15) is 0 Å². The highest BCUT2D eigenvalue weighted by atomic mass is 16.1. The Balaban J connectivity index is 2.60. The Bertz CT molecular complexity index is 649. The molecule has 1 aromatic carbocycles. The minimum atomic E-state index is -0.357. The zero-order valence-corrected chi connectivity index (χ0v) is 9.92. The number of nitriles is 1. The maximum absolute atomic E-state index is 11.8. The monoisotopic (exact) mass is 243 g/mol. The van der Waals surface area contributed by atoms with E-state index in [2.05, 4.69) is 10.2 Å². The molecule has 2 rings (SSSR count). The van der Waals surface area contributed by atoms with Crippen molar-refractivity contribution < 1.29 is 0 Å². The Hall–Kier alpha value is -2.39. The van der Waals surface area contributed by atoms with Crippen molar-refractivity contribution >= 4 is 0 Å². The second-order valence-corrected chi connectivity index (χ2v) is 3.90. The third-order valence-electron chi connectivity index (χ3n) is 2.70. The van der Waals surface area contributed by atoms with Crippen LogP contribution in [-0.4, -0.2) is 14.8 Å². The third-order valence-corrected chi connectivity index (χ3v) is 2.70. The number of hydrogen-bond acceptors (Lipinski definition) is 4. The van der Waals surface area contributed by atoms with E-state index in [0.717, 1.165) is 0 Å².